The number of hydrogen-bond acceptors (Lipinski definition) is 6. The number of alkyl halides is 3. The first-order chi connectivity index (χ1) is 12.1. The van der Waals surface area contributed by atoms with Gasteiger partial charge in [-0.15, -0.1) is 5.10 Å². The summed E-state index contributed by atoms with van der Waals surface area (Å²) in [6.45, 7) is 8.60. The van der Waals surface area contributed by atoms with Gasteiger partial charge in [-0.3, -0.25) is 0 Å². The molecule has 0 N–H and O–H groups in total. The number of aromatic nitrogens is 4. The third kappa shape index (κ3) is 4.03. The first-order valence-corrected chi connectivity index (χ1v) is 8.38. The fourth-order valence-corrected chi connectivity index (χ4v) is 2.73. The monoisotopic (exact) mass is 366 g/mol. The Bertz CT molecular complexity index is 746. The molecule has 0 unspecified atom stereocenters. The molecule has 1 fully saturated rings. The van der Waals surface area contributed by atoms with Crippen LogP contribution in [-0.4, -0.2) is 46.3 Å². The molecule has 6 nitrogen and oxygen atoms in total. The van der Waals surface area contributed by atoms with Crippen molar-refractivity contribution in [3.05, 3.63) is 35.9 Å². The van der Waals surface area contributed by atoms with Crippen molar-refractivity contribution in [3.63, 3.8) is 0 Å². The minimum absolute atomic E-state index is 0.0621. The number of rotatable bonds is 2. The molecule has 3 rings (SSSR count). The SMILES string of the molecule is CC(C)(C)c1ccc(N2CCN(c3cc(C(F)(F)F)ncn3)CC2)nn1. The lowest BCUT2D eigenvalue weighted by atomic mass is 9.92. The maximum atomic E-state index is 12.8. The lowest BCUT2D eigenvalue weighted by Gasteiger charge is -2.36. The molecule has 1 aliphatic heterocycles. The van der Waals surface area contributed by atoms with Crippen molar-refractivity contribution in [2.24, 2.45) is 0 Å². The van der Waals surface area contributed by atoms with Crippen molar-refractivity contribution in [2.45, 2.75) is 32.4 Å². The number of hydrogen-bond donors (Lipinski definition) is 0. The predicted molar refractivity (Wildman–Crippen MR) is 92.2 cm³/mol. The van der Waals surface area contributed by atoms with Gasteiger partial charge >= 0.3 is 6.18 Å². The fraction of sp³-hybridized carbons (Fsp3) is 0.529. The van der Waals surface area contributed by atoms with E-state index in [0.717, 1.165) is 23.9 Å². The molecule has 0 bridgehead atoms. The van der Waals surface area contributed by atoms with Gasteiger partial charge in [0, 0.05) is 37.7 Å². The van der Waals surface area contributed by atoms with Crippen LogP contribution < -0.4 is 9.80 Å². The quantitative estimate of drug-likeness (QED) is 0.815. The Morgan fingerprint density at radius 1 is 0.808 bits per heavy atom. The number of piperazine rings is 1. The summed E-state index contributed by atoms with van der Waals surface area (Å²) in [7, 11) is 0. The van der Waals surface area contributed by atoms with Gasteiger partial charge in [-0.25, -0.2) is 9.97 Å². The Morgan fingerprint density at radius 3 is 1.92 bits per heavy atom. The molecule has 0 amide bonds. The minimum atomic E-state index is -4.47. The first-order valence-electron chi connectivity index (χ1n) is 8.38. The van der Waals surface area contributed by atoms with Crippen LogP contribution in [0.15, 0.2) is 24.5 Å². The van der Waals surface area contributed by atoms with Crippen molar-refractivity contribution in [1.29, 1.82) is 0 Å². The molecule has 2 aromatic heterocycles. The van der Waals surface area contributed by atoms with E-state index in [4.69, 9.17) is 0 Å². The third-order valence-electron chi connectivity index (χ3n) is 4.29. The summed E-state index contributed by atoms with van der Waals surface area (Å²) < 4.78 is 38.4. The molecule has 3 heterocycles. The Hall–Kier alpha value is -2.45. The molecule has 0 radical (unpaired) electrons. The summed E-state index contributed by atoms with van der Waals surface area (Å²) in [6, 6.07) is 4.90. The highest BCUT2D eigenvalue weighted by Gasteiger charge is 2.33. The molecule has 0 atom stereocenters. The van der Waals surface area contributed by atoms with Crippen LogP contribution in [0.2, 0.25) is 0 Å². The maximum Gasteiger partial charge on any atom is 0.433 e. The summed E-state index contributed by atoms with van der Waals surface area (Å²) in [5.74, 6) is 1.07. The van der Waals surface area contributed by atoms with Crippen LogP contribution >= 0.6 is 0 Å². The van der Waals surface area contributed by atoms with Gasteiger partial charge in [-0.2, -0.15) is 18.3 Å². The number of halogens is 3. The summed E-state index contributed by atoms with van der Waals surface area (Å²) in [5, 5.41) is 8.59. The van der Waals surface area contributed by atoms with Crippen LogP contribution in [0.25, 0.3) is 0 Å². The van der Waals surface area contributed by atoms with Crippen LogP contribution in [-0.2, 0) is 11.6 Å². The first kappa shape index (κ1) is 18.3. The second kappa shape index (κ2) is 6.69. The van der Waals surface area contributed by atoms with E-state index in [1.165, 1.54) is 0 Å². The van der Waals surface area contributed by atoms with E-state index < -0.39 is 11.9 Å². The highest BCUT2D eigenvalue weighted by Crippen LogP contribution is 2.29. The van der Waals surface area contributed by atoms with Crippen molar-refractivity contribution in [3.8, 4) is 0 Å². The molecular formula is C17H21F3N6. The Balaban J connectivity index is 1.66. The standard InChI is InChI=1S/C17H21F3N6/c1-16(2,3)12-4-5-14(24-23-12)25-6-8-26(9-7-25)15-10-13(17(18,19)20)21-11-22-15/h4-5,10-11H,6-9H2,1-3H3. The number of anilines is 2. The third-order valence-corrected chi connectivity index (χ3v) is 4.29. The second-order valence-corrected chi connectivity index (χ2v) is 7.26. The average Bonchev–Trinajstić information content (AvgIpc) is 2.61. The predicted octanol–water partition coefficient (Wildman–Crippen LogP) is 2.91. The molecule has 1 saturated heterocycles. The van der Waals surface area contributed by atoms with Gasteiger partial charge < -0.3 is 9.80 Å². The zero-order valence-corrected chi connectivity index (χ0v) is 15.0. The highest BCUT2D eigenvalue weighted by molar-refractivity contribution is 5.45. The van der Waals surface area contributed by atoms with Crippen LogP contribution in [0.3, 0.4) is 0 Å². The van der Waals surface area contributed by atoms with Crippen molar-refractivity contribution >= 4 is 11.6 Å². The Morgan fingerprint density at radius 2 is 1.42 bits per heavy atom. The summed E-state index contributed by atoms with van der Waals surface area (Å²) in [6.07, 6.45) is -3.51. The Labute approximate surface area is 150 Å². The molecular weight excluding hydrogens is 345 g/mol. The summed E-state index contributed by atoms with van der Waals surface area (Å²) in [5.41, 5.74) is -0.0675. The van der Waals surface area contributed by atoms with Gasteiger partial charge in [-0.05, 0) is 12.1 Å². The van der Waals surface area contributed by atoms with Gasteiger partial charge in [-0.1, -0.05) is 20.8 Å². The molecule has 26 heavy (non-hydrogen) atoms. The molecule has 0 aliphatic carbocycles. The zero-order chi connectivity index (χ0) is 18.9. The molecule has 0 aromatic carbocycles. The van der Waals surface area contributed by atoms with Crippen molar-refractivity contribution in [2.75, 3.05) is 36.0 Å². The van der Waals surface area contributed by atoms with E-state index in [1.807, 2.05) is 17.0 Å². The van der Waals surface area contributed by atoms with Crippen LogP contribution in [0.5, 0.6) is 0 Å². The van der Waals surface area contributed by atoms with Gasteiger partial charge in [0.15, 0.2) is 5.82 Å². The normalized spacial score (nSPS) is 16.1. The van der Waals surface area contributed by atoms with Gasteiger partial charge in [0.2, 0.25) is 0 Å². The molecule has 1 aliphatic rings. The molecule has 9 heteroatoms. The second-order valence-electron chi connectivity index (χ2n) is 7.26. The smallest absolute Gasteiger partial charge is 0.353 e. The van der Waals surface area contributed by atoms with E-state index in [9.17, 15) is 13.2 Å². The highest BCUT2D eigenvalue weighted by atomic mass is 19.4. The topological polar surface area (TPSA) is 58.0 Å². The lowest BCUT2D eigenvalue weighted by Crippen LogP contribution is -2.47. The van der Waals surface area contributed by atoms with Crippen LogP contribution in [0.4, 0.5) is 24.8 Å². The number of nitrogens with zero attached hydrogens (tertiary/aromatic N) is 6. The van der Waals surface area contributed by atoms with Crippen LogP contribution in [0.1, 0.15) is 32.2 Å². The maximum absolute atomic E-state index is 12.8. The van der Waals surface area contributed by atoms with E-state index >= 15 is 0 Å². The zero-order valence-electron chi connectivity index (χ0n) is 15.0. The molecule has 0 spiro atoms. The molecule has 140 valence electrons. The van der Waals surface area contributed by atoms with Gasteiger partial charge in [0.05, 0.1) is 5.69 Å². The average molecular weight is 366 g/mol. The van der Waals surface area contributed by atoms with Crippen LogP contribution in [0, 0.1) is 0 Å². The fourth-order valence-electron chi connectivity index (χ4n) is 2.73. The minimum Gasteiger partial charge on any atom is -0.353 e. The lowest BCUT2D eigenvalue weighted by molar-refractivity contribution is -0.141. The summed E-state index contributed by atoms with van der Waals surface area (Å²) in [4.78, 5) is 11.2. The largest absolute Gasteiger partial charge is 0.433 e. The summed E-state index contributed by atoms with van der Waals surface area (Å²) >= 11 is 0. The van der Waals surface area contributed by atoms with E-state index in [1.54, 1.807) is 0 Å². The van der Waals surface area contributed by atoms with Crippen molar-refractivity contribution in [1.82, 2.24) is 20.2 Å². The van der Waals surface area contributed by atoms with Gasteiger partial charge in [0.25, 0.3) is 0 Å². The van der Waals surface area contributed by atoms with E-state index in [0.29, 0.717) is 32.0 Å². The molecule has 0 saturated carbocycles. The Kier molecular flexibility index (Phi) is 4.72. The van der Waals surface area contributed by atoms with E-state index in [2.05, 4.69) is 45.8 Å². The van der Waals surface area contributed by atoms with E-state index in [-0.39, 0.29) is 5.41 Å². The van der Waals surface area contributed by atoms with Gasteiger partial charge in [0.1, 0.15) is 17.8 Å². The van der Waals surface area contributed by atoms with Crippen molar-refractivity contribution < 1.29 is 13.2 Å². The molecule has 2 aromatic rings.